The second-order valence-corrected chi connectivity index (χ2v) is 9.21. The molecule has 116 valence electrons. The summed E-state index contributed by atoms with van der Waals surface area (Å²) in [5.41, 5.74) is 0.734. The van der Waals surface area contributed by atoms with Crippen LogP contribution in [0.2, 0.25) is 0 Å². The molecule has 2 N–H and O–H groups in total. The molecule has 1 saturated carbocycles. The Morgan fingerprint density at radius 2 is 1.60 bits per heavy atom. The van der Waals surface area contributed by atoms with E-state index in [9.17, 15) is 0 Å². The molecule has 3 unspecified atom stereocenters. The predicted molar refractivity (Wildman–Crippen MR) is 82.9 cm³/mol. The zero-order valence-corrected chi connectivity index (χ0v) is 14.0. The molecule has 0 aromatic rings. The van der Waals surface area contributed by atoms with Crippen molar-refractivity contribution in [3.05, 3.63) is 0 Å². The van der Waals surface area contributed by atoms with Gasteiger partial charge < -0.3 is 15.4 Å². The fourth-order valence-electron chi connectivity index (χ4n) is 5.36. The molecule has 3 rings (SSSR count). The van der Waals surface area contributed by atoms with Crippen molar-refractivity contribution in [2.45, 2.75) is 90.1 Å². The first-order valence-corrected chi connectivity index (χ1v) is 8.28. The SMILES string of the molecule is CC1(C)CC(NC2C3CCOC3C2(C)C)CC(C)(C)N1. The van der Waals surface area contributed by atoms with E-state index >= 15 is 0 Å². The summed E-state index contributed by atoms with van der Waals surface area (Å²) >= 11 is 0. The quantitative estimate of drug-likeness (QED) is 0.816. The lowest BCUT2D eigenvalue weighted by Crippen LogP contribution is -2.70. The summed E-state index contributed by atoms with van der Waals surface area (Å²) in [5.74, 6) is 0.742. The second kappa shape index (κ2) is 4.44. The van der Waals surface area contributed by atoms with Gasteiger partial charge >= 0.3 is 0 Å². The van der Waals surface area contributed by atoms with Crippen LogP contribution in [0.25, 0.3) is 0 Å². The average molecular weight is 280 g/mol. The van der Waals surface area contributed by atoms with Crippen LogP contribution in [0.15, 0.2) is 0 Å². The highest BCUT2D eigenvalue weighted by Crippen LogP contribution is 2.52. The Balaban J connectivity index is 1.69. The van der Waals surface area contributed by atoms with Crippen molar-refractivity contribution in [1.82, 2.24) is 10.6 Å². The van der Waals surface area contributed by atoms with E-state index in [-0.39, 0.29) is 11.1 Å². The van der Waals surface area contributed by atoms with Gasteiger partial charge in [-0.05, 0) is 47.0 Å². The molecule has 0 bridgehead atoms. The summed E-state index contributed by atoms with van der Waals surface area (Å²) in [6, 6.07) is 1.25. The normalized spacial score (nSPS) is 42.0. The molecule has 3 atom stereocenters. The third-order valence-electron chi connectivity index (χ3n) is 5.71. The Bertz CT molecular complexity index is 372. The first kappa shape index (κ1) is 14.8. The Labute approximate surface area is 124 Å². The number of fused-ring (bicyclic) bond motifs is 1. The van der Waals surface area contributed by atoms with Crippen molar-refractivity contribution < 1.29 is 4.74 Å². The molecule has 3 heteroatoms. The van der Waals surface area contributed by atoms with Crippen molar-refractivity contribution in [2.75, 3.05) is 6.61 Å². The van der Waals surface area contributed by atoms with Crippen LogP contribution < -0.4 is 10.6 Å². The minimum atomic E-state index is 0.221. The van der Waals surface area contributed by atoms with Crippen LogP contribution >= 0.6 is 0 Å². The van der Waals surface area contributed by atoms with Gasteiger partial charge in [-0.25, -0.2) is 0 Å². The van der Waals surface area contributed by atoms with Crippen molar-refractivity contribution in [2.24, 2.45) is 11.3 Å². The van der Waals surface area contributed by atoms with E-state index in [1.807, 2.05) is 0 Å². The van der Waals surface area contributed by atoms with E-state index in [2.05, 4.69) is 52.2 Å². The van der Waals surface area contributed by atoms with Gasteiger partial charge in [-0.1, -0.05) is 13.8 Å². The van der Waals surface area contributed by atoms with Gasteiger partial charge in [0.1, 0.15) is 0 Å². The smallest absolute Gasteiger partial charge is 0.0685 e. The Morgan fingerprint density at radius 3 is 2.20 bits per heavy atom. The number of rotatable bonds is 2. The van der Waals surface area contributed by atoms with Crippen molar-refractivity contribution >= 4 is 0 Å². The molecule has 3 nitrogen and oxygen atoms in total. The summed E-state index contributed by atoms with van der Waals surface area (Å²) in [6.45, 7) is 15.0. The molecule has 1 aliphatic carbocycles. The number of piperidine rings is 1. The van der Waals surface area contributed by atoms with E-state index in [1.165, 1.54) is 19.3 Å². The van der Waals surface area contributed by atoms with Gasteiger partial charge in [0.25, 0.3) is 0 Å². The first-order valence-electron chi connectivity index (χ1n) is 8.28. The van der Waals surface area contributed by atoms with Crippen molar-refractivity contribution in [3.8, 4) is 0 Å². The van der Waals surface area contributed by atoms with Crippen molar-refractivity contribution in [3.63, 3.8) is 0 Å². The molecule has 2 aliphatic heterocycles. The van der Waals surface area contributed by atoms with Crippen LogP contribution in [0, 0.1) is 11.3 Å². The molecule has 0 aromatic carbocycles. The molecule has 3 fully saturated rings. The van der Waals surface area contributed by atoms with E-state index in [0.29, 0.717) is 23.6 Å². The van der Waals surface area contributed by atoms with Gasteiger partial charge in [0.2, 0.25) is 0 Å². The predicted octanol–water partition coefficient (Wildman–Crippen LogP) is 2.70. The highest BCUT2D eigenvalue weighted by Gasteiger charge is 2.59. The standard InChI is InChI=1S/C17H32N2O/c1-15(2)9-11(10-16(3,4)19-15)18-13-12-7-8-20-14(12)17(13,5)6/h11-14,18-19H,7-10H2,1-6H3. The minimum Gasteiger partial charge on any atom is -0.377 e. The molecular formula is C17H32N2O. The Morgan fingerprint density at radius 1 is 1.00 bits per heavy atom. The third kappa shape index (κ3) is 2.42. The fraction of sp³-hybridized carbons (Fsp3) is 1.00. The number of nitrogens with one attached hydrogen (secondary N) is 2. The molecule has 2 saturated heterocycles. The molecule has 0 aromatic heterocycles. The van der Waals surface area contributed by atoms with Crippen LogP contribution in [0.3, 0.4) is 0 Å². The molecule has 3 aliphatic rings. The number of hydrogen-bond acceptors (Lipinski definition) is 3. The fourth-order valence-corrected chi connectivity index (χ4v) is 5.36. The van der Waals surface area contributed by atoms with E-state index in [4.69, 9.17) is 4.74 Å². The van der Waals surface area contributed by atoms with Gasteiger partial charge in [-0.2, -0.15) is 0 Å². The molecule has 0 spiro atoms. The summed E-state index contributed by atoms with van der Waals surface area (Å²) < 4.78 is 5.92. The topological polar surface area (TPSA) is 33.3 Å². The molecule has 20 heavy (non-hydrogen) atoms. The van der Waals surface area contributed by atoms with Gasteiger partial charge in [0.15, 0.2) is 0 Å². The largest absolute Gasteiger partial charge is 0.377 e. The molecular weight excluding hydrogens is 248 g/mol. The van der Waals surface area contributed by atoms with Gasteiger partial charge in [-0.15, -0.1) is 0 Å². The molecule has 2 heterocycles. The van der Waals surface area contributed by atoms with Gasteiger partial charge in [0.05, 0.1) is 6.10 Å². The van der Waals surface area contributed by atoms with Gasteiger partial charge in [0, 0.05) is 41.1 Å². The average Bonchev–Trinajstić information content (AvgIpc) is 2.68. The second-order valence-electron chi connectivity index (χ2n) is 9.21. The lowest BCUT2D eigenvalue weighted by molar-refractivity contribution is -0.118. The molecule has 0 amide bonds. The van der Waals surface area contributed by atoms with Crippen LogP contribution in [0.1, 0.15) is 60.8 Å². The van der Waals surface area contributed by atoms with E-state index in [0.717, 1.165) is 12.5 Å². The Hall–Kier alpha value is -0.120. The lowest BCUT2D eigenvalue weighted by atomic mass is 9.57. The summed E-state index contributed by atoms with van der Waals surface area (Å²) in [5, 5.41) is 7.78. The van der Waals surface area contributed by atoms with Gasteiger partial charge in [-0.3, -0.25) is 0 Å². The van der Waals surface area contributed by atoms with Crippen LogP contribution in [0.4, 0.5) is 0 Å². The van der Waals surface area contributed by atoms with E-state index < -0.39 is 0 Å². The molecule has 0 radical (unpaired) electrons. The zero-order valence-electron chi connectivity index (χ0n) is 14.0. The number of hydrogen-bond donors (Lipinski definition) is 2. The summed E-state index contributed by atoms with van der Waals surface area (Å²) in [6.07, 6.45) is 4.15. The monoisotopic (exact) mass is 280 g/mol. The minimum absolute atomic E-state index is 0.221. The van der Waals surface area contributed by atoms with Crippen LogP contribution in [-0.2, 0) is 4.74 Å². The highest BCUT2D eigenvalue weighted by atomic mass is 16.5. The highest BCUT2D eigenvalue weighted by molar-refractivity contribution is 5.13. The zero-order chi connectivity index (χ0) is 14.8. The summed E-state index contributed by atoms with van der Waals surface area (Å²) in [7, 11) is 0. The first-order chi connectivity index (χ1) is 9.11. The summed E-state index contributed by atoms with van der Waals surface area (Å²) in [4.78, 5) is 0. The number of ether oxygens (including phenoxy) is 1. The van der Waals surface area contributed by atoms with Crippen molar-refractivity contribution in [1.29, 1.82) is 0 Å². The lowest BCUT2D eigenvalue weighted by Gasteiger charge is -2.57. The van der Waals surface area contributed by atoms with Crippen LogP contribution in [-0.4, -0.2) is 35.9 Å². The van der Waals surface area contributed by atoms with E-state index in [1.54, 1.807) is 0 Å². The third-order valence-corrected chi connectivity index (χ3v) is 5.71. The maximum Gasteiger partial charge on any atom is 0.0685 e. The maximum atomic E-state index is 5.92. The Kier molecular flexibility index (Phi) is 3.28. The maximum absolute atomic E-state index is 5.92. The van der Waals surface area contributed by atoms with Crippen LogP contribution in [0.5, 0.6) is 0 Å².